The van der Waals surface area contributed by atoms with E-state index in [-0.39, 0.29) is 6.10 Å². The molecule has 2 aromatic carbocycles. The van der Waals surface area contributed by atoms with Gasteiger partial charge in [-0.15, -0.1) is 0 Å². The first-order valence-corrected chi connectivity index (χ1v) is 10.1. The fourth-order valence-corrected chi connectivity index (χ4v) is 4.06. The molecule has 2 heterocycles. The topological polar surface area (TPSA) is 54.8 Å². The van der Waals surface area contributed by atoms with Gasteiger partial charge in [-0.05, 0) is 55.2 Å². The van der Waals surface area contributed by atoms with E-state index in [1.165, 1.54) is 5.56 Å². The summed E-state index contributed by atoms with van der Waals surface area (Å²) in [6.07, 6.45) is 1.48. The first-order valence-electron chi connectivity index (χ1n) is 10.1. The van der Waals surface area contributed by atoms with Crippen molar-refractivity contribution in [1.82, 2.24) is 9.88 Å². The van der Waals surface area contributed by atoms with Gasteiger partial charge in [0.05, 0.1) is 31.5 Å². The van der Waals surface area contributed by atoms with Crippen LogP contribution in [0.15, 0.2) is 42.5 Å². The lowest BCUT2D eigenvalue weighted by molar-refractivity contribution is 0.0793. The maximum atomic E-state index is 9.84. The van der Waals surface area contributed by atoms with Crippen LogP contribution in [0.4, 0.5) is 0 Å². The number of benzene rings is 2. The van der Waals surface area contributed by atoms with Gasteiger partial charge in [0, 0.05) is 30.6 Å². The van der Waals surface area contributed by atoms with E-state index >= 15 is 0 Å². The van der Waals surface area contributed by atoms with Gasteiger partial charge in [0.15, 0.2) is 11.5 Å². The highest BCUT2D eigenvalue weighted by atomic mass is 16.5. The number of methoxy groups -OCH3 is 2. The van der Waals surface area contributed by atoms with E-state index in [1.54, 1.807) is 14.2 Å². The normalized spacial score (nSPS) is 15.6. The van der Waals surface area contributed by atoms with Crippen molar-refractivity contribution in [2.75, 3.05) is 27.3 Å². The van der Waals surface area contributed by atoms with Crippen molar-refractivity contribution in [3.8, 4) is 22.8 Å². The monoisotopic (exact) mass is 392 g/mol. The SMILES string of the molecule is COc1ccc(-c2nc3c(C)cccc3cc2CN2CCC(O)CC2)cc1OC. The van der Waals surface area contributed by atoms with Gasteiger partial charge in [-0.25, -0.2) is 4.98 Å². The van der Waals surface area contributed by atoms with Crippen molar-refractivity contribution in [1.29, 1.82) is 0 Å². The number of aryl methyl sites for hydroxylation is 1. The summed E-state index contributed by atoms with van der Waals surface area (Å²) in [4.78, 5) is 7.48. The second-order valence-corrected chi connectivity index (χ2v) is 7.72. The van der Waals surface area contributed by atoms with E-state index in [2.05, 4.69) is 36.1 Å². The van der Waals surface area contributed by atoms with Crippen LogP contribution in [-0.2, 0) is 6.54 Å². The zero-order chi connectivity index (χ0) is 20.4. The Labute approximate surface area is 171 Å². The van der Waals surface area contributed by atoms with E-state index < -0.39 is 0 Å². The number of hydrogen-bond acceptors (Lipinski definition) is 5. The molecule has 1 saturated heterocycles. The van der Waals surface area contributed by atoms with Crippen LogP contribution in [0.25, 0.3) is 22.2 Å². The van der Waals surface area contributed by atoms with Crippen LogP contribution >= 0.6 is 0 Å². The van der Waals surface area contributed by atoms with Gasteiger partial charge < -0.3 is 14.6 Å². The minimum atomic E-state index is -0.172. The quantitative estimate of drug-likeness (QED) is 0.706. The highest BCUT2D eigenvalue weighted by Crippen LogP contribution is 2.35. The lowest BCUT2D eigenvalue weighted by atomic mass is 10.00. The van der Waals surface area contributed by atoms with Gasteiger partial charge in [-0.1, -0.05) is 18.2 Å². The summed E-state index contributed by atoms with van der Waals surface area (Å²) in [6, 6.07) is 14.5. The summed E-state index contributed by atoms with van der Waals surface area (Å²) in [5, 5.41) is 11.0. The fourth-order valence-electron chi connectivity index (χ4n) is 4.06. The van der Waals surface area contributed by atoms with Crippen molar-refractivity contribution >= 4 is 10.9 Å². The molecule has 5 heteroatoms. The number of ether oxygens (including phenoxy) is 2. The summed E-state index contributed by atoms with van der Waals surface area (Å²) >= 11 is 0. The largest absolute Gasteiger partial charge is 0.493 e. The van der Waals surface area contributed by atoms with E-state index in [4.69, 9.17) is 14.5 Å². The number of aromatic nitrogens is 1. The predicted molar refractivity (Wildman–Crippen MR) is 116 cm³/mol. The molecule has 0 bridgehead atoms. The van der Waals surface area contributed by atoms with Gasteiger partial charge in [-0.2, -0.15) is 0 Å². The lowest BCUT2D eigenvalue weighted by Gasteiger charge is -2.30. The average molecular weight is 392 g/mol. The first kappa shape index (κ1) is 19.7. The highest BCUT2D eigenvalue weighted by Gasteiger charge is 2.20. The van der Waals surface area contributed by atoms with Crippen molar-refractivity contribution in [2.24, 2.45) is 0 Å². The molecule has 1 aromatic heterocycles. The van der Waals surface area contributed by atoms with E-state index in [9.17, 15) is 5.11 Å². The number of hydrogen-bond donors (Lipinski definition) is 1. The molecule has 0 atom stereocenters. The summed E-state index contributed by atoms with van der Waals surface area (Å²) in [6.45, 7) is 4.71. The molecule has 0 amide bonds. The molecule has 1 fully saturated rings. The van der Waals surface area contributed by atoms with Crippen molar-refractivity contribution < 1.29 is 14.6 Å². The summed E-state index contributed by atoms with van der Waals surface area (Å²) in [7, 11) is 3.30. The number of piperidine rings is 1. The predicted octanol–water partition coefficient (Wildman–Crippen LogP) is 4.18. The first-order chi connectivity index (χ1) is 14.1. The number of nitrogens with zero attached hydrogens (tertiary/aromatic N) is 2. The second-order valence-electron chi connectivity index (χ2n) is 7.72. The van der Waals surface area contributed by atoms with Crippen LogP contribution in [0.5, 0.6) is 11.5 Å². The van der Waals surface area contributed by atoms with Crippen molar-refractivity contribution in [3.05, 3.63) is 53.6 Å². The van der Waals surface area contributed by atoms with Gasteiger partial charge in [-0.3, -0.25) is 4.90 Å². The van der Waals surface area contributed by atoms with Crippen molar-refractivity contribution in [3.63, 3.8) is 0 Å². The number of para-hydroxylation sites is 1. The molecule has 1 N–H and O–H groups in total. The van der Waals surface area contributed by atoms with E-state index in [0.29, 0.717) is 11.5 Å². The molecule has 5 nitrogen and oxygen atoms in total. The molecule has 4 rings (SSSR count). The maximum absolute atomic E-state index is 9.84. The van der Waals surface area contributed by atoms with Crippen LogP contribution in [0.1, 0.15) is 24.0 Å². The summed E-state index contributed by atoms with van der Waals surface area (Å²) in [5.74, 6) is 1.41. The number of aliphatic hydroxyl groups is 1. The molecular formula is C24H28N2O3. The summed E-state index contributed by atoms with van der Waals surface area (Å²) in [5.41, 5.74) is 5.36. The Kier molecular flexibility index (Phi) is 5.69. The van der Waals surface area contributed by atoms with Gasteiger partial charge in [0.1, 0.15) is 0 Å². The molecule has 29 heavy (non-hydrogen) atoms. The molecule has 152 valence electrons. The molecule has 0 unspecified atom stereocenters. The molecule has 0 spiro atoms. The second kappa shape index (κ2) is 8.39. The van der Waals surface area contributed by atoms with Crippen LogP contribution in [0.3, 0.4) is 0 Å². The maximum Gasteiger partial charge on any atom is 0.161 e. The Balaban J connectivity index is 1.81. The van der Waals surface area contributed by atoms with Gasteiger partial charge in [0.25, 0.3) is 0 Å². The molecule has 0 radical (unpaired) electrons. The van der Waals surface area contributed by atoms with Gasteiger partial charge >= 0.3 is 0 Å². The van der Waals surface area contributed by atoms with Crippen LogP contribution in [0.2, 0.25) is 0 Å². The minimum Gasteiger partial charge on any atom is -0.493 e. The summed E-state index contributed by atoms with van der Waals surface area (Å²) < 4.78 is 10.9. The van der Waals surface area contributed by atoms with Crippen LogP contribution < -0.4 is 9.47 Å². The third kappa shape index (κ3) is 4.07. The van der Waals surface area contributed by atoms with Crippen molar-refractivity contribution in [2.45, 2.75) is 32.4 Å². The number of fused-ring (bicyclic) bond motifs is 1. The number of rotatable bonds is 5. The fraction of sp³-hybridized carbons (Fsp3) is 0.375. The molecular weight excluding hydrogens is 364 g/mol. The molecule has 3 aromatic rings. The van der Waals surface area contributed by atoms with Crippen LogP contribution in [-0.4, -0.2) is 48.4 Å². The van der Waals surface area contributed by atoms with E-state index in [1.807, 2.05) is 18.2 Å². The smallest absolute Gasteiger partial charge is 0.161 e. The number of likely N-dealkylation sites (tertiary alicyclic amines) is 1. The molecule has 0 aliphatic carbocycles. The Morgan fingerprint density at radius 3 is 2.52 bits per heavy atom. The highest BCUT2D eigenvalue weighted by molar-refractivity contribution is 5.86. The third-order valence-corrected chi connectivity index (χ3v) is 5.73. The Hall–Kier alpha value is -2.63. The molecule has 1 aliphatic rings. The van der Waals surface area contributed by atoms with Gasteiger partial charge in [0.2, 0.25) is 0 Å². The zero-order valence-electron chi connectivity index (χ0n) is 17.3. The Bertz CT molecular complexity index is 1010. The molecule has 0 saturated carbocycles. The number of aliphatic hydroxyl groups excluding tert-OH is 1. The number of pyridine rings is 1. The standard InChI is InChI=1S/C24H28N2O3/c1-16-5-4-6-17-13-19(15-26-11-9-20(27)10-12-26)24(25-23(16)17)18-7-8-21(28-2)22(14-18)29-3/h4-8,13-14,20,27H,9-12,15H2,1-3H3. The Morgan fingerprint density at radius 2 is 1.79 bits per heavy atom. The third-order valence-electron chi connectivity index (χ3n) is 5.73. The lowest BCUT2D eigenvalue weighted by Crippen LogP contribution is -2.35. The van der Waals surface area contributed by atoms with Crippen LogP contribution in [0, 0.1) is 6.92 Å². The minimum absolute atomic E-state index is 0.172. The average Bonchev–Trinajstić information content (AvgIpc) is 2.74. The Morgan fingerprint density at radius 1 is 1.03 bits per heavy atom. The van der Waals surface area contributed by atoms with E-state index in [0.717, 1.165) is 60.2 Å². The zero-order valence-corrected chi connectivity index (χ0v) is 17.3. The molecule has 1 aliphatic heterocycles.